The van der Waals surface area contributed by atoms with Crippen LogP contribution in [0.1, 0.15) is 23.6 Å². The topological polar surface area (TPSA) is 34.4 Å². The van der Waals surface area contributed by atoms with Crippen molar-refractivity contribution in [1.82, 2.24) is 4.57 Å². The quantitative estimate of drug-likeness (QED) is 0.622. The summed E-state index contributed by atoms with van der Waals surface area (Å²) in [6.07, 6.45) is 3.46. The third-order valence-electron chi connectivity index (χ3n) is 4.37. The van der Waals surface area contributed by atoms with Gasteiger partial charge in [-0.25, -0.2) is 0 Å². The van der Waals surface area contributed by atoms with Crippen LogP contribution in [0.3, 0.4) is 0 Å². The molecule has 26 heavy (non-hydrogen) atoms. The number of carbonyl (C=O) groups is 1. The van der Waals surface area contributed by atoms with E-state index in [1.54, 1.807) is 23.1 Å². The number of aromatic nitrogens is 1. The average molecular weight is 385 g/mol. The standard InChI is InChI=1S/C21H24N2OS2/c1-4-16-9-10-18-19(13-16)26-21(23(18)11-12-25-3)22-20(24)14-17-7-5-15(2)6-8-17/h5-10,13H,4,11-12,14H2,1-3H3. The first-order valence-corrected chi connectivity index (χ1v) is 11.1. The van der Waals surface area contributed by atoms with Gasteiger partial charge in [0.15, 0.2) is 4.80 Å². The lowest BCUT2D eigenvalue weighted by Crippen LogP contribution is -2.18. The van der Waals surface area contributed by atoms with E-state index < -0.39 is 0 Å². The third kappa shape index (κ3) is 4.46. The molecule has 5 heteroatoms. The highest BCUT2D eigenvalue weighted by atomic mass is 32.2. The lowest BCUT2D eigenvalue weighted by atomic mass is 10.1. The molecular formula is C21H24N2OS2. The first-order valence-electron chi connectivity index (χ1n) is 8.85. The Morgan fingerprint density at radius 1 is 1.15 bits per heavy atom. The first kappa shape index (κ1) is 18.9. The number of aryl methyl sites for hydroxylation is 3. The summed E-state index contributed by atoms with van der Waals surface area (Å²) in [5.74, 6) is 0.912. The molecule has 3 aromatic rings. The maximum atomic E-state index is 12.5. The Kier molecular flexibility index (Phi) is 6.33. The van der Waals surface area contributed by atoms with Gasteiger partial charge in [0.05, 0.1) is 16.6 Å². The first-order chi connectivity index (χ1) is 12.6. The van der Waals surface area contributed by atoms with Gasteiger partial charge in [0, 0.05) is 12.3 Å². The van der Waals surface area contributed by atoms with E-state index in [0.29, 0.717) is 6.42 Å². The summed E-state index contributed by atoms with van der Waals surface area (Å²) >= 11 is 3.42. The second kappa shape index (κ2) is 8.69. The zero-order chi connectivity index (χ0) is 18.5. The summed E-state index contributed by atoms with van der Waals surface area (Å²) in [7, 11) is 0. The number of hydrogen-bond acceptors (Lipinski definition) is 3. The largest absolute Gasteiger partial charge is 0.316 e. The van der Waals surface area contributed by atoms with Crippen molar-refractivity contribution in [2.75, 3.05) is 12.0 Å². The fraction of sp³-hybridized carbons (Fsp3) is 0.333. The van der Waals surface area contributed by atoms with Gasteiger partial charge in [0.25, 0.3) is 5.91 Å². The SMILES string of the molecule is CCc1ccc2c(c1)sc(=NC(=O)Cc1ccc(C)cc1)n2CCSC. The minimum absolute atomic E-state index is 0.0889. The fourth-order valence-electron chi connectivity index (χ4n) is 2.85. The molecule has 1 aromatic heterocycles. The molecule has 0 aliphatic carbocycles. The van der Waals surface area contributed by atoms with Gasteiger partial charge in [-0.1, -0.05) is 54.2 Å². The lowest BCUT2D eigenvalue weighted by molar-refractivity contribution is -0.117. The van der Waals surface area contributed by atoms with Crippen LogP contribution in [0.25, 0.3) is 10.2 Å². The van der Waals surface area contributed by atoms with Crippen molar-refractivity contribution in [3.8, 4) is 0 Å². The molecule has 0 spiro atoms. The lowest BCUT2D eigenvalue weighted by Gasteiger charge is -2.04. The zero-order valence-electron chi connectivity index (χ0n) is 15.5. The minimum atomic E-state index is -0.0889. The second-order valence-corrected chi connectivity index (χ2v) is 8.35. The molecule has 0 aliphatic heterocycles. The molecule has 0 saturated heterocycles. The summed E-state index contributed by atoms with van der Waals surface area (Å²) in [5, 5.41) is 0. The molecule has 136 valence electrons. The van der Waals surface area contributed by atoms with Crippen LogP contribution in [0.4, 0.5) is 0 Å². The number of carbonyl (C=O) groups excluding carboxylic acids is 1. The van der Waals surface area contributed by atoms with Crippen LogP contribution < -0.4 is 4.80 Å². The van der Waals surface area contributed by atoms with Crippen molar-refractivity contribution in [3.63, 3.8) is 0 Å². The van der Waals surface area contributed by atoms with Crippen LogP contribution in [0.2, 0.25) is 0 Å². The van der Waals surface area contributed by atoms with Crippen molar-refractivity contribution >= 4 is 39.2 Å². The van der Waals surface area contributed by atoms with Crippen LogP contribution in [0.15, 0.2) is 47.5 Å². The number of hydrogen-bond donors (Lipinski definition) is 0. The summed E-state index contributed by atoms with van der Waals surface area (Å²) in [6, 6.07) is 14.6. The van der Waals surface area contributed by atoms with Gasteiger partial charge in [-0.2, -0.15) is 16.8 Å². The Morgan fingerprint density at radius 2 is 1.88 bits per heavy atom. The molecular weight excluding hydrogens is 360 g/mol. The molecule has 0 atom stereocenters. The van der Waals surface area contributed by atoms with E-state index in [1.165, 1.54) is 21.3 Å². The Balaban J connectivity index is 1.96. The van der Waals surface area contributed by atoms with E-state index >= 15 is 0 Å². The van der Waals surface area contributed by atoms with E-state index in [1.807, 2.05) is 31.2 Å². The van der Waals surface area contributed by atoms with Crippen molar-refractivity contribution in [1.29, 1.82) is 0 Å². The summed E-state index contributed by atoms with van der Waals surface area (Å²) in [5.41, 5.74) is 4.69. The Morgan fingerprint density at radius 3 is 2.58 bits per heavy atom. The van der Waals surface area contributed by atoms with Crippen molar-refractivity contribution in [2.45, 2.75) is 33.2 Å². The van der Waals surface area contributed by atoms with Crippen molar-refractivity contribution in [2.24, 2.45) is 4.99 Å². The van der Waals surface area contributed by atoms with E-state index in [-0.39, 0.29) is 5.91 Å². The summed E-state index contributed by atoms with van der Waals surface area (Å²) < 4.78 is 3.38. The number of amides is 1. The number of benzene rings is 2. The second-order valence-electron chi connectivity index (χ2n) is 6.35. The van der Waals surface area contributed by atoms with E-state index in [0.717, 1.165) is 29.1 Å². The smallest absolute Gasteiger partial charge is 0.252 e. The van der Waals surface area contributed by atoms with Crippen molar-refractivity contribution < 1.29 is 4.79 Å². The zero-order valence-corrected chi connectivity index (χ0v) is 17.1. The Labute approximate surface area is 162 Å². The number of thioether (sulfide) groups is 1. The van der Waals surface area contributed by atoms with Gasteiger partial charge in [0.2, 0.25) is 0 Å². The molecule has 0 unspecified atom stereocenters. The molecule has 0 saturated carbocycles. The predicted molar refractivity (Wildman–Crippen MR) is 113 cm³/mol. The predicted octanol–water partition coefficient (Wildman–Crippen LogP) is 4.61. The molecule has 1 amide bonds. The number of thiazole rings is 1. The van der Waals surface area contributed by atoms with Gasteiger partial charge in [-0.15, -0.1) is 0 Å². The minimum Gasteiger partial charge on any atom is -0.316 e. The monoisotopic (exact) mass is 384 g/mol. The van der Waals surface area contributed by atoms with Crippen molar-refractivity contribution in [3.05, 3.63) is 64.0 Å². The molecule has 0 radical (unpaired) electrons. The van der Waals surface area contributed by atoms with Crippen LogP contribution in [0.5, 0.6) is 0 Å². The Hall–Kier alpha value is -1.85. The maximum Gasteiger partial charge on any atom is 0.252 e. The van der Waals surface area contributed by atoms with Gasteiger partial charge < -0.3 is 4.57 Å². The molecule has 3 rings (SSSR count). The van der Waals surface area contributed by atoms with Crippen LogP contribution in [-0.4, -0.2) is 22.5 Å². The number of nitrogens with zero attached hydrogens (tertiary/aromatic N) is 2. The highest BCUT2D eigenvalue weighted by Gasteiger charge is 2.09. The highest BCUT2D eigenvalue weighted by molar-refractivity contribution is 7.98. The molecule has 2 aromatic carbocycles. The average Bonchev–Trinajstić information content (AvgIpc) is 2.97. The normalized spacial score (nSPS) is 12.0. The molecule has 3 nitrogen and oxygen atoms in total. The molecule has 0 N–H and O–H groups in total. The van der Waals surface area contributed by atoms with E-state index in [9.17, 15) is 4.79 Å². The van der Waals surface area contributed by atoms with Crippen LogP contribution in [-0.2, 0) is 24.2 Å². The van der Waals surface area contributed by atoms with E-state index in [2.05, 4.69) is 40.9 Å². The number of fused-ring (bicyclic) bond motifs is 1. The van der Waals surface area contributed by atoms with Gasteiger partial charge in [-0.3, -0.25) is 4.79 Å². The fourth-order valence-corrected chi connectivity index (χ4v) is 4.35. The van der Waals surface area contributed by atoms with Gasteiger partial charge >= 0.3 is 0 Å². The van der Waals surface area contributed by atoms with Crippen LogP contribution >= 0.6 is 23.1 Å². The highest BCUT2D eigenvalue weighted by Crippen LogP contribution is 2.20. The molecule has 0 aliphatic rings. The molecule has 0 fully saturated rings. The van der Waals surface area contributed by atoms with Gasteiger partial charge in [-0.05, 0) is 42.9 Å². The maximum absolute atomic E-state index is 12.5. The number of rotatable bonds is 6. The summed E-state index contributed by atoms with van der Waals surface area (Å²) in [4.78, 5) is 17.8. The molecule has 1 heterocycles. The van der Waals surface area contributed by atoms with Gasteiger partial charge in [0.1, 0.15) is 0 Å². The molecule has 0 bridgehead atoms. The third-order valence-corrected chi connectivity index (χ3v) is 6.00. The Bertz CT molecular complexity index is 968. The summed E-state index contributed by atoms with van der Waals surface area (Å²) in [6.45, 7) is 5.07. The van der Waals surface area contributed by atoms with E-state index in [4.69, 9.17) is 0 Å². The van der Waals surface area contributed by atoms with Crippen LogP contribution in [0, 0.1) is 6.92 Å².